The summed E-state index contributed by atoms with van der Waals surface area (Å²) >= 11 is 1.86. The number of halogens is 1. The third-order valence-corrected chi connectivity index (χ3v) is 8.21. The van der Waals surface area contributed by atoms with Gasteiger partial charge in [0.15, 0.2) is 0 Å². The van der Waals surface area contributed by atoms with Crippen LogP contribution in [0.3, 0.4) is 0 Å². The summed E-state index contributed by atoms with van der Waals surface area (Å²) in [6.07, 6.45) is 10.3. The minimum absolute atomic E-state index is 0.0376. The lowest BCUT2D eigenvalue weighted by atomic mass is 9.90. The van der Waals surface area contributed by atoms with Crippen molar-refractivity contribution in [3.8, 4) is 0 Å². The predicted molar refractivity (Wildman–Crippen MR) is 134 cm³/mol. The van der Waals surface area contributed by atoms with Crippen molar-refractivity contribution < 1.29 is 9.18 Å². The highest BCUT2D eigenvalue weighted by atomic mass is 32.2. The van der Waals surface area contributed by atoms with E-state index in [0.717, 1.165) is 69.1 Å². The Balaban J connectivity index is 1.54. The molecule has 0 spiro atoms. The van der Waals surface area contributed by atoms with E-state index in [-0.39, 0.29) is 40.8 Å². The largest absolute Gasteiger partial charge is 0.353 e. The summed E-state index contributed by atoms with van der Waals surface area (Å²) in [4.78, 5) is 43.4. The summed E-state index contributed by atoms with van der Waals surface area (Å²) < 4.78 is 17.0. The second-order valence-electron chi connectivity index (χ2n) is 9.58. The van der Waals surface area contributed by atoms with Crippen molar-refractivity contribution in [2.24, 2.45) is 0 Å². The molecule has 0 aromatic carbocycles. The van der Waals surface area contributed by atoms with Crippen LogP contribution in [0.15, 0.2) is 21.9 Å². The Hall–Kier alpha value is -2.16. The molecule has 186 valence electrons. The van der Waals surface area contributed by atoms with Gasteiger partial charge < -0.3 is 5.32 Å². The van der Waals surface area contributed by atoms with Gasteiger partial charge in [-0.3, -0.25) is 18.7 Å². The van der Waals surface area contributed by atoms with E-state index < -0.39 is 11.4 Å². The van der Waals surface area contributed by atoms with Gasteiger partial charge in [0.1, 0.15) is 11.5 Å². The van der Waals surface area contributed by atoms with E-state index in [4.69, 9.17) is 0 Å². The summed E-state index contributed by atoms with van der Waals surface area (Å²) in [6, 6.07) is 0.987. The fraction of sp³-hybridized carbons (Fsp3) is 0.680. The maximum Gasteiger partial charge on any atom is 0.333 e. The van der Waals surface area contributed by atoms with E-state index in [1.165, 1.54) is 10.6 Å². The molecule has 0 radical (unpaired) electrons. The van der Waals surface area contributed by atoms with Crippen LogP contribution < -0.4 is 16.6 Å². The lowest BCUT2D eigenvalue weighted by Crippen LogP contribution is -2.46. The quantitative estimate of drug-likeness (QED) is 0.557. The van der Waals surface area contributed by atoms with Gasteiger partial charge in [-0.05, 0) is 62.5 Å². The SMILES string of the molecule is CCCCCCC(=O)N[C@H]1CC[C@@H](n2c(=O)c3cc(F)cnc3n(C3CCSCC3)c2=O)CC1. The highest BCUT2D eigenvalue weighted by Gasteiger charge is 2.29. The first-order chi connectivity index (χ1) is 16.5. The van der Waals surface area contributed by atoms with Crippen molar-refractivity contribution in [3.63, 3.8) is 0 Å². The van der Waals surface area contributed by atoms with Gasteiger partial charge in [-0.2, -0.15) is 11.8 Å². The molecule has 0 atom stereocenters. The van der Waals surface area contributed by atoms with Crippen LogP contribution in [0, 0.1) is 5.82 Å². The van der Waals surface area contributed by atoms with Crippen LogP contribution in [-0.2, 0) is 4.79 Å². The molecule has 1 saturated carbocycles. The number of hydrogen-bond acceptors (Lipinski definition) is 5. The Morgan fingerprint density at radius 3 is 2.47 bits per heavy atom. The first-order valence-corrected chi connectivity index (χ1v) is 13.8. The van der Waals surface area contributed by atoms with Crippen LogP contribution in [0.5, 0.6) is 0 Å². The van der Waals surface area contributed by atoms with Gasteiger partial charge in [0.2, 0.25) is 5.91 Å². The van der Waals surface area contributed by atoms with Crippen molar-refractivity contribution in [2.75, 3.05) is 11.5 Å². The van der Waals surface area contributed by atoms with Crippen LogP contribution in [-0.4, -0.2) is 37.6 Å². The van der Waals surface area contributed by atoms with Crippen molar-refractivity contribution in [1.82, 2.24) is 19.4 Å². The molecule has 4 rings (SSSR count). The molecule has 3 heterocycles. The van der Waals surface area contributed by atoms with Crippen LogP contribution >= 0.6 is 11.8 Å². The van der Waals surface area contributed by atoms with Gasteiger partial charge in [-0.1, -0.05) is 26.2 Å². The maximum atomic E-state index is 14.0. The van der Waals surface area contributed by atoms with E-state index in [0.29, 0.717) is 19.3 Å². The number of rotatable bonds is 8. The predicted octanol–water partition coefficient (Wildman–Crippen LogP) is 4.34. The Bertz CT molecular complexity index is 1120. The van der Waals surface area contributed by atoms with Gasteiger partial charge in [0.25, 0.3) is 5.56 Å². The minimum Gasteiger partial charge on any atom is -0.353 e. The Labute approximate surface area is 203 Å². The summed E-state index contributed by atoms with van der Waals surface area (Å²) in [5.74, 6) is 1.40. The van der Waals surface area contributed by atoms with Crippen LogP contribution in [0.25, 0.3) is 11.0 Å². The van der Waals surface area contributed by atoms with Crippen LogP contribution in [0.2, 0.25) is 0 Å². The second kappa shape index (κ2) is 11.5. The third-order valence-electron chi connectivity index (χ3n) is 7.16. The van der Waals surface area contributed by atoms with E-state index >= 15 is 0 Å². The van der Waals surface area contributed by atoms with E-state index in [9.17, 15) is 18.8 Å². The molecule has 1 aliphatic carbocycles. The van der Waals surface area contributed by atoms with E-state index in [1.54, 1.807) is 4.57 Å². The number of hydrogen-bond donors (Lipinski definition) is 1. The highest BCUT2D eigenvalue weighted by Crippen LogP contribution is 2.30. The third kappa shape index (κ3) is 5.56. The molecule has 1 amide bonds. The molecule has 9 heteroatoms. The molecule has 1 N–H and O–H groups in total. The molecule has 2 aromatic heterocycles. The molecular formula is C25H35FN4O3S. The highest BCUT2D eigenvalue weighted by molar-refractivity contribution is 7.99. The van der Waals surface area contributed by atoms with E-state index in [2.05, 4.69) is 17.2 Å². The standard InChI is InChI=1S/C25H35FN4O3S/c1-2-3-4-5-6-22(31)28-18-7-9-19(10-8-18)30-24(32)21-15-17(26)16-27-23(21)29(25(30)33)20-11-13-34-14-12-20/h15-16,18-20H,2-14H2,1H3,(H,28,31)/t18-,19+. The molecule has 34 heavy (non-hydrogen) atoms. The summed E-state index contributed by atoms with van der Waals surface area (Å²) in [5, 5.41) is 3.29. The van der Waals surface area contributed by atoms with Gasteiger partial charge >= 0.3 is 5.69 Å². The average molecular weight is 491 g/mol. The zero-order valence-corrected chi connectivity index (χ0v) is 20.7. The number of aromatic nitrogens is 3. The molecule has 2 fully saturated rings. The number of carbonyl (C=O) groups is 1. The lowest BCUT2D eigenvalue weighted by Gasteiger charge is -2.31. The number of thioether (sulfide) groups is 1. The summed E-state index contributed by atoms with van der Waals surface area (Å²) in [5.41, 5.74) is -0.512. The fourth-order valence-electron chi connectivity index (χ4n) is 5.29. The molecule has 2 aliphatic rings. The van der Waals surface area contributed by atoms with Crippen molar-refractivity contribution in [2.45, 2.75) is 95.7 Å². The number of fused-ring (bicyclic) bond motifs is 1. The second-order valence-corrected chi connectivity index (χ2v) is 10.8. The Morgan fingerprint density at radius 1 is 1.06 bits per heavy atom. The molecule has 7 nitrogen and oxygen atoms in total. The molecule has 0 unspecified atom stereocenters. The van der Waals surface area contributed by atoms with Gasteiger partial charge in [0.05, 0.1) is 11.6 Å². The zero-order chi connectivity index (χ0) is 24.1. The van der Waals surface area contributed by atoms with Gasteiger partial charge in [-0.25, -0.2) is 14.2 Å². The number of carbonyl (C=O) groups excluding carboxylic acids is 1. The number of unbranched alkanes of at least 4 members (excludes halogenated alkanes) is 3. The maximum absolute atomic E-state index is 14.0. The van der Waals surface area contributed by atoms with Crippen LogP contribution in [0.1, 0.15) is 89.6 Å². The number of nitrogens with zero attached hydrogens (tertiary/aromatic N) is 3. The fourth-order valence-corrected chi connectivity index (χ4v) is 6.37. The monoisotopic (exact) mass is 490 g/mol. The van der Waals surface area contributed by atoms with Gasteiger partial charge in [-0.15, -0.1) is 0 Å². The van der Waals surface area contributed by atoms with Crippen molar-refractivity contribution in [3.05, 3.63) is 38.9 Å². The average Bonchev–Trinajstić information content (AvgIpc) is 2.84. The van der Waals surface area contributed by atoms with E-state index in [1.807, 2.05) is 11.8 Å². The Kier molecular flexibility index (Phi) is 8.45. The van der Waals surface area contributed by atoms with Crippen LogP contribution in [0.4, 0.5) is 4.39 Å². The number of nitrogens with one attached hydrogen (secondary N) is 1. The molecule has 1 aliphatic heterocycles. The minimum atomic E-state index is -0.578. The first kappa shape index (κ1) is 24.9. The number of pyridine rings is 1. The molecule has 1 saturated heterocycles. The molecular weight excluding hydrogens is 455 g/mol. The first-order valence-electron chi connectivity index (χ1n) is 12.7. The topological polar surface area (TPSA) is 86.0 Å². The van der Waals surface area contributed by atoms with Crippen molar-refractivity contribution >= 4 is 28.7 Å². The zero-order valence-electron chi connectivity index (χ0n) is 19.9. The Morgan fingerprint density at radius 2 is 1.76 bits per heavy atom. The number of amides is 1. The normalized spacial score (nSPS) is 21.6. The summed E-state index contributed by atoms with van der Waals surface area (Å²) in [6.45, 7) is 2.15. The van der Waals surface area contributed by atoms with Gasteiger partial charge in [0, 0.05) is 24.5 Å². The van der Waals surface area contributed by atoms with Crippen molar-refractivity contribution in [1.29, 1.82) is 0 Å². The smallest absolute Gasteiger partial charge is 0.333 e. The summed E-state index contributed by atoms with van der Waals surface area (Å²) in [7, 11) is 0. The lowest BCUT2D eigenvalue weighted by molar-refractivity contribution is -0.122. The molecule has 0 bridgehead atoms. The molecule has 2 aromatic rings.